The van der Waals surface area contributed by atoms with E-state index in [4.69, 9.17) is 16.3 Å². The van der Waals surface area contributed by atoms with Gasteiger partial charge < -0.3 is 4.74 Å². The molecule has 0 spiro atoms. The van der Waals surface area contributed by atoms with Gasteiger partial charge in [0.1, 0.15) is 11.9 Å². The maximum Gasteiger partial charge on any atom is 0.244 e. The van der Waals surface area contributed by atoms with Gasteiger partial charge in [-0.1, -0.05) is 35.9 Å². The Labute approximate surface area is 151 Å². The molecule has 5 heteroatoms. The number of carbonyl (C=O) groups is 1. The van der Waals surface area contributed by atoms with E-state index in [1.807, 2.05) is 48.5 Å². The van der Waals surface area contributed by atoms with Crippen LogP contribution in [-0.2, 0) is 0 Å². The van der Waals surface area contributed by atoms with Crippen LogP contribution in [0.2, 0.25) is 5.02 Å². The molecular weight excluding hydrogens is 336 g/mol. The lowest BCUT2D eigenvalue weighted by molar-refractivity contribution is 0.0856. The molecular formula is C20H19ClN2O2. The SMILES string of the molecule is O=C(CN1CC[C@H](Oc2ccc(Cl)c3ccccc23)C1)n1cccc1. The third-order valence-electron chi connectivity index (χ3n) is 4.60. The van der Waals surface area contributed by atoms with Crippen molar-refractivity contribution in [3.05, 3.63) is 65.9 Å². The van der Waals surface area contributed by atoms with Gasteiger partial charge in [-0.25, -0.2) is 0 Å². The fourth-order valence-electron chi connectivity index (χ4n) is 3.33. The van der Waals surface area contributed by atoms with Crippen molar-refractivity contribution >= 4 is 28.3 Å². The van der Waals surface area contributed by atoms with Crippen molar-refractivity contribution in [2.75, 3.05) is 19.6 Å². The number of rotatable bonds is 4. The predicted molar refractivity (Wildman–Crippen MR) is 99.5 cm³/mol. The van der Waals surface area contributed by atoms with Crippen LogP contribution in [0.5, 0.6) is 5.75 Å². The van der Waals surface area contributed by atoms with E-state index in [0.717, 1.165) is 41.1 Å². The first-order valence-corrected chi connectivity index (χ1v) is 8.81. The summed E-state index contributed by atoms with van der Waals surface area (Å²) in [5.41, 5.74) is 0. The molecule has 0 aliphatic carbocycles. The Morgan fingerprint density at radius 2 is 1.84 bits per heavy atom. The van der Waals surface area contributed by atoms with E-state index in [1.165, 1.54) is 0 Å². The van der Waals surface area contributed by atoms with Crippen molar-refractivity contribution in [3.8, 4) is 5.75 Å². The van der Waals surface area contributed by atoms with Gasteiger partial charge in [0.15, 0.2) is 0 Å². The van der Waals surface area contributed by atoms with Gasteiger partial charge in [0.05, 0.1) is 6.54 Å². The minimum atomic E-state index is 0.0852. The number of nitrogens with zero attached hydrogens (tertiary/aromatic N) is 2. The van der Waals surface area contributed by atoms with E-state index in [0.29, 0.717) is 6.54 Å². The second kappa shape index (κ2) is 6.90. The number of likely N-dealkylation sites (tertiary alicyclic amines) is 1. The second-order valence-electron chi connectivity index (χ2n) is 6.34. The lowest BCUT2D eigenvalue weighted by Crippen LogP contribution is -2.32. The minimum absolute atomic E-state index is 0.0852. The summed E-state index contributed by atoms with van der Waals surface area (Å²) in [5.74, 6) is 0.936. The zero-order chi connectivity index (χ0) is 17.2. The molecule has 0 radical (unpaired) electrons. The molecule has 4 rings (SSSR count). The number of carbonyl (C=O) groups excluding carboxylic acids is 1. The minimum Gasteiger partial charge on any atom is -0.488 e. The topological polar surface area (TPSA) is 34.5 Å². The highest BCUT2D eigenvalue weighted by Gasteiger charge is 2.26. The Morgan fingerprint density at radius 3 is 2.64 bits per heavy atom. The van der Waals surface area contributed by atoms with Crippen molar-refractivity contribution < 1.29 is 9.53 Å². The first kappa shape index (κ1) is 16.2. The van der Waals surface area contributed by atoms with Gasteiger partial charge in [0.2, 0.25) is 5.91 Å². The van der Waals surface area contributed by atoms with Crippen molar-refractivity contribution in [1.82, 2.24) is 9.47 Å². The summed E-state index contributed by atoms with van der Waals surface area (Å²) in [5, 5.41) is 2.75. The fourth-order valence-corrected chi connectivity index (χ4v) is 3.56. The molecule has 0 unspecified atom stereocenters. The summed E-state index contributed by atoms with van der Waals surface area (Å²) < 4.78 is 7.85. The van der Waals surface area contributed by atoms with Crippen molar-refractivity contribution in [1.29, 1.82) is 0 Å². The molecule has 0 N–H and O–H groups in total. The molecule has 0 amide bonds. The Bertz CT molecular complexity index is 892. The predicted octanol–water partition coefficient (Wildman–Crippen LogP) is 4.09. The van der Waals surface area contributed by atoms with Gasteiger partial charge in [-0.05, 0) is 30.7 Å². The molecule has 3 aromatic rings. The smallest absolute Gasteiger partial charge is 0.244 e. The Balaban J connectivity index is 1.43. The largest absolute Gasteiger partial charge is 0.488 e. The van der Waals surface area contributed by atoms with E-state index in [-0.39, 0.29) is 12.0 Å². The quantitative estimate of drug-likeness (QED) is 0.707. The summed E-state index contributed by atoms with van der Waals surface area (Å²) in [6.45, 7) is 2.03. The van der Waals surface area contributed by atoms with Crippen LogP contribution in [0.1, 0.15) is 11.2 Å². The Hall–Kier alpha value is -2.30. The fraction of sp³-hybridized carbons (Fsp3) is 0.250. The molecule has 25 heavy (non-hydrogen) atoms. The van der Waals surface area contributed by atoms with Crippen LogP contribution < -0.4 is 4.74 Å². The molecule has 0 bridgehead atoms. The van der Waals surface area contributed by atoms with Crippen molar-refractivity contribution in [2.24, 2.45) is 0 Å². The van der Waals surface area contributed by atoms with Crippen LogP contribution in [0.15, 0.2) is 60.9 Å². The highest BCUT2D eigenvalue weighted by Crippen LogP contribution is 2.32. The van der Waals surface area contributed by atoms with E-state index in [9.17, 15) is 4.79 Å². The summed E-state index contributed by atoms with van der Waals surface area (Å²) in [4.78, 5) is 14.3. The summed E-state index contributed by atoms with van der Waals surface area (Å²) >= 11 is 6.27. The van der Waals surface area contributed by atoms with Gasteiger partial charge in [0.25, 0.3) is 0 Å². The standard InChI is InChI=1S/C20H19ClN2O2/c21-18-7-8-19(17-6-2-1-5-16(17)18)25-15-9-12-22(13-15)14-20(24)23-10-3-4-11-23/h1-8,10-11,15H,9,12-14H2/t15-/m0/s1. The van der Waals surface area contributed by atoms with Gasteiger partial charge in [-0.15, -0.1) is 0 Å². The van der Waals surface area contributed by atoms with Gasteiger partial charge in [-0.2, -0.15) is 0 Å². The lowest BCUT2D eigenvalue weighted by Gasteiger charge is -2.17. The third-order valence-corrected chi connectivity index (χ3v) is 4.93. The second-order valence-corrected chi connectivity index (χ2v) is 6.75. The van der Waals surface area contributed by atoms with E-state index in [2.05, 4.69) is 4.90 Å². The van der Waals surface area contributed by atoms with Crippen molar-refractivity contribution in [2.45, 2.75) is 12.5 Å². The van der Waals surface area contributed by atoms with Gasteiger partial charge in [-0.3, -0.25) is 14.3 Å². The monoisotopic (exact) mass is 354 g/mol. The summed E-state index contributed by atoms with van der Waals surface area (Å²) in [6, 6.07) is 15.5. The normalized spacial score (nSPS) is 17.9. The molecule has 2 heterocycles. The number of benzene rings is 2. The number of hydrogen-bond donors (Lipinski definition) is 0. The van der Waals surface area contributed by atoms with Crippen molar-refractivity contribution in [3.63, 3.8) is 0 Å². The molecule has 1 aromatic heterocycles. The molecule has 1 aliphatic rings. The van der Waals surface area contributed by atoms with Crippen LogP contribution in [0.3, 0.4) is 0 Å². The van der Waals surface area contributed by atoms with Crippen LogP contribution in [0.25, 0.3) is 10.8 Å². The average molecular weight is 355 g/mol. The summed E-state index contributed by atoms with van der Waals surface area (Å²) in [7, 11) is 0. The number of aromatic nitrogens is 1. The average Bonchev–Trinajstić information content (AvgIpc) is 3.30. The molecule has 0 saturated carbocycles. The zero-order valence-electron chi connectivity index (χ0n) is 13.8. The lowest BCUT2D eigenvalue weighted by atomic mass is 10.1. The highest BCUT2D eigenvalue weighted by atomic mass is 35.5. The Morgan fingerprint density at radius 1 is 1.08 bits per heavy atom. The maximum atomic E-state index is 12.2. The molecule has 1 atom stereocenters. The number of ether oxygens (including phenoxy) is 1. The van der Waals surface area contributed by atoms with E-state index >= 15 is 0 Å². The maximum absolute atomic E-state index is 12.2. The zero-order valence-corrected chi connectivity index (χ0v) is 14.5. The Kier molecular flexibility index (Phi) is 4.47. The number of fused-ring (bicyclic) bond motifs is 1. The van der Waals surface area contributed by atoms with Crippen LogP contribution in [-0.4, -0.2) is 41.1 Å². The van der Waals surface area contributed by atoms with E-state index < -0.39 is 0 Å². The molecule has 1 saturated heterocycles. The molecule has 1 aliphatic heterocycles. The third kappa shape index (κ3) is 3.41. The van der Waals surface area contributed by atoms with Crippen LogP contribution in [0, 0.1) is 0 Å². The van der Waals surface area contributed by atoms with E-state index in [1.54, 1.807) is 17.0 Å². The van der Waals surface area contributed by atoms with Crippen LogP contribution in [0.4, 0.5) is 0 Å². The van der Waals surface area contributed by atoms with Crippen LogP contribution >= 0.6 is 11.6 Å². The molecule has 2 aromatic carbocycles. The van der Waals surface area contributed by atoms with Gasteiger partial charge in [0, 0.05) is 41.3 Å². The molecule has 128 valence electrons. The highest BCUT2D eigenvalue weighted by molar-refractivity contribution is 6.35. The van der Waals surface area contributed by atoms with Gasteiger partial charge >= 0.3 is 0 Å². The summed E-state index contributed by atoms with van der Waals surface area (Å²) in [6.07, 6.45) is 4.57. The number of hydrogen-bond acceptors (Lipinski definition) is 3. The first-order chi connectivity index (χ1) is 12.2. The first-order valence-electron chi connectivity index (χ1n) is 8.43. The molecule has 4 nitrogen and oxygen atoms in total. The molecule has 1 fully saturated rings. The number of halogens is 1.